The van der Waals surface area contributed by atoms with Crippen molar-refractivity contribution in [2.24, 2.45) is 5.92 Å². The Morgan fingerprint density at radius 2 is 2.64 bits per heavy atom. The van der Waals surface area contributed by atoms with Gasteiger partial charge in [0.15, 0.2) is 0 Å². The molecule has 2 rings (SSSR count). The van der Waals surface area contributed by atoms with Crippen molar-refractivity contribution in [2.45, 2.75) is 32.7 Å². The lowest BCUT2D eigenvalue weighted by atomic mass is 9.97. The Kier molecular flexibility index (Phi) is 1.68. The average Bonchev–Trinajstić information content (AvgIpc) is 2.50. The summed E-state index contributed by atoms with van der Waals surface area (Å²) in [4.78, 5) is 4.29. The van der Waals surface area contributed by atoms with Crippen LogP contribution in [0.3, 0.4) is 0 Å². The van der Waals surface area contributed by atoms with Gasteiger partial charge < -0.3 is 4.57 Å². The summed E-state index contributed by atoms with van der Waals surface area (Å²) >= 11 is 0. The van der Waals surface area contributed by atoms with Crippen molar-refractivity contribution in [3.8, 4) is 0 Å². The second-order valence-electron chi connectivity index (χ2n) is 3.31. The van der Waals surface area contributed by atoms with E-state index in [0.29, 0.717) is 0 Å². The van der Waals surface area contributed by atoms with Crippen molar-refractivity contribution >= 4 is 0 Å². The van der Waals surface area contributed by atoms with E-state index in [1.54, 1.807) is 0 Å². The Balaban J connectivity index is 2.18. The minimum absolute atomic E-state index is 0.886. The van der Waals surface area contributed by atoms with E-state index in [1.807, 2.05) is 6.20 Å². The van der Waals surface area contributed by atoms with E-state index in [0.717, 1.165) is 5.92 Å². The van der Waals surface area contributed by atoms with Gasteiger partial charge in [0, 0.05) is 25.4 Å². The van der Waals surface area contributed by atoms with Gasteiger partial charge in [-0.2, -0.15) is 0 Å². The summed E-state index contributed by atoms with van der Waals surface area (Å²) in [5.74, 6) is 2.16. The van der Waals surface area contributed by atoms with Crippen LogP contribution < -0.4 is 0 Å². The topological polar surface area (TPSA) is 17.8 Å². The average molecular weight is 150 g/mol. The molecule has 0 fully saturated rings. The molecule has 1 aromatic heterocycles. The second-order valence-corrected chi connectivity index (χ2v) is 3.31. The number of hydrogen-bond donors (Lipinski definition) is 0. The van der Waals surface area contributed by atoms with Crippen LogP contribution in [0.15, 0.2) is 12.4 Å². The fourth-order valence-electron chi connectivity index (χ4n) is 1.77. The largest absolute Gasteiger partial charge is 0.335 e. The maximum atomic E-state index is 4.29. The Labute approximate surface area is 67.3 Å². The quantitative estimate of drug-likeness (QED) is 0.597. The van der Waals surface area contributed by atoms with Crippen LogP contribution in [0.4, 0.5) is 0 Å². The summed E-state index contributed by atoms with van der Waals surface area (Å²) < 4.78 is 2.29. The zero-order valence-electron chi connectivity index (χ0n) is 6.95. The predicted octanol–water partition coefficient (Wildman–Crippen LogP) is 1.86. The van der Waals surface area contributed by atoms with Gasteiger partial charge in [0.25, 0.3) is 0 Å². The second kappa shape index (κ2) is 2.68. The standard InChI is InChI=1S/C9H14N2/c1-2-8-3-4-9-10-5-6-11(9)7-8/h5-6,8H,2-4,7H2,1H3. The van der Waals surface area contributed by atoms with Gasteiger partial charge in [-0.1, -0.05) is 13.3 Å². The zero-order valence-corrected chi connectivity index (χ0v) is 6.95. The van der Waals surface area contributed by atoms with E-state index in [9.17, 15) is 0 Å². The molecule has 1 atom stereocenters. The van der Waals surface area contributed by atoms with Gasteiger partial charge >= 0.3 is 0 Å². The molecule has 0 amide bonds. The number of aromatic nitrogens is 2. The SMILES string of the molecule is CCC1CCc2nccn2C1. The molecule has 2 heterocycles. The number of hydrogen-bond acceptors (Lipinski definition) is 1. The molecule has 0 spiro atoms. The van der Waals surface area contributed by atoms with E-state index in [1.165, 1.54) is 31.6 Å². The van der Waals surface area contributed by atoms with Crippen LogP contribution in [0.1, 0.15) is 25.6 Å². The van der Waals surface area contributed by atoms with Gasteiger partial charge in [0.05, 0.1) is 0 Å². The van der Waals surface area contributed by atoms with Gasteiger partial charge in [-0.05, 0) is 12.3 Å². The Hall–Kier alpha value is -0.790. The number of nitrogens with zero attached hydrogens (tertiary/aromatic N) is 2. The highest BCUT2D eigenvalue weighted by Crippen LogP contribution is 2.20. The van der Waals surface area contributed by atoms with Crippen molar-refractivity contribution in [2.75, 3.05) is 0 Å². The van der Waals surface area contributed by atoms with Crippen LogP contribution in [0.5, 0.6) is 0 Å². The fourth-order valence-corrected chi connectivity index (χ4v) is 1.77. The van der Waals surface area contributed by atoms with E-state index < -0.39 is 0 Å². The summed E-state index contributed by atoms with van der Waals surface area (Å²) in [6.45, 7) is 3.46. The molecule has 0 saturated heterocycles. The van der Waals surface area contributed by atoms with Gasteiger partial charge in [-0.15, -0.1) is 0 Å². The normalized spacial score (nSPS) is 23.2. The number of imidazole rings is 1. The van der Waals surface area contributed by atoms with Gasteiger partial charge in [0.1, 0.15) is 5.82 Å². The predicted molar refractivity (Wildman–Crippen MR) is 44.3 cm³/mol. The molecule has 0 aliphatic carbocycles. The third kappa shape index (κ3) is 1.17. The minimum atomic E-state index is 0.886. The lowest BCUT2D eigenvalue weighted by molar-refractivity contribution is 0.356. The fraction of sp³-hybridized carbons (Fsp3) is 0.667. The molecular formula is C9H14N2. The van der Waals surface area contributed by atoms with Crippen LogP contribution in [-0.4, -0.2) is 9.55 Å². The summed E-state index contributed by atoms with van der Waals surface area (Å²) in [7, 11) is 0. The van der Waals surface area contributed by atoms with Crippen LogP contribution in [-0.2, 0) is 13.0 Å². The lowest BCUT2D eigenvalue weighted by Gasteiger charge is -2.22. The number of rotatable bonds is 1. The summed E-state index contributed by atoms with van der Waals surface area (Å²) in [5, 5.41) is 0. The first-order chi connectivity index (χ1) is 5.40. The Morgan fingerprint density at radius 3 is 3.45 bits per heavy atom. The lowest BCUT2D eigenvalue weighted by Crippen LogP contribution is -2.19. The van der Waals surface area contributed by atoms with Crippen LogP contribution in [0.25, 0.3) is 0 Å². The van der Waals surface area contributed by atoms with E-state index >= 15 is 0 Å². The summed E-state index contributed by atoms with van der Waals surface area (Å²) in [5.41, 5.74) is 0. The summed E-state index contributed by atoms with van der Waals surface area (Å²) in [6, 6.07) is 0. The third-order valence-electron chi connectivity index (χ3n) is 2.61. The van der Waals surface area contributed by atoms with Gasteiger partial charge in [-0.3, -0.25) is 0 Å². The highest BCUT2D eigenvalue weighted by atomic mass is 15.1. The van der Waals surface area contributed by atoms with Crippen LogP contribution >= 0.6 is 0 Å². The van der Waals surface area contributed by atoms with Gasteiger partial charge in [-0.25, -0.2) is 4.98 Å². The molecule has 2 heteroatoms. The van der Waals surface area contributed by atoms with E-state index in [4.69, 9.17) is 0 Å². The highest BCUT2D eigenvalue weighted by Gasteiger charge is 2.16. The Morgan fingerprint density at radius 1 is 1.73 bits per heavy atom. The molecule has 0 aromatic carbocycles. The van der Waals surface area contributed by atoms with Crippen molar-refractivity contribution < 1.29 is 0 Å². The maximum Gasteiger partial charge on any atom is 0.108 e. The zero-order chi connectivity index (χ0) is 7.68. The van der Waals surface area contributed by atoms with Crippen molar-refractivity contribution in [1.82, 2.24) is 9.55 Å². The third-order valence-corrected chi connectivity index (χ3v) is 2.61. The Bertz CT molecular complexity index is 239. The molecule has 2 nitrogen and oxygen atoms in total. The molecule has 0 bridgehead atoms. The molecule has 0 N–H and O–H groups in total. The first-order valence-corrected chi connectivity index (χ1v) is 4.40. The molecule has 1 unspecified atom stereocenters. The monoisotopic (exact) mass is 150 g/mol. The number of aryl methyl sites for hydroxylation is 1. The van der Waals surface area contributed by atoms with Crippen LogP contribution in [0.2, 0.25) is 0 Å². The molecule has 1 aliphatic rings. The molecule has 0 saturated carbocycles. The van der Waals surface area contributed by atoms with Gasteiger partial charge in [0.2, 0.25) is 0 Å². The smallest absolute Gasteiger partial charge is 0.108 e. The molecule has 11 heavy (non-hydrogen) atoms. The van der Waals surface area contributed by atoms with E-state index in [-0.39, 0.29) is 0 Å². The van der Waals surface area contributed by atoms with Crippen molar-refractivity contribution in [1.29, 1.82) is 0 Å². The molecular weight excluding hydrogens is 136 g/mol. The molecule has 60 valence electrons. The molecule has 1 aliphatic heterocycles. The van der Waals surface area contributed by atoms with Crippen molar-refractivity contribution in [3.05, 3.63) is 18.2 Å². The minimum Gasteiger partial charge on any atom is -0.335 e. The summed E-state index contributed by atoms with van der Waals surface area (Å²) in [6.07, 6.45) is 7.81. The molecule has 1 aromatic rings. The molecule has 0 radical (unpaired) electrons. The number of fused-ring (bicyclic) bond motifs is 1. The van der Waals surface area contributed by atoms with E-state index in [2.05, 4.69) is 22.7 Å². The van der Waals surface area contributed by atoms with Crippen molar-refractivity contribution in [3.63, 3.8) is 0 Å². The first kappa shape index (κ1) is 6.89. The van der Waals surface area contributed by atoms with Crippen LogP contribution in [0, 0.1) is 5.92 Å². The highest BCUT2D eigenvalue weighted by molar-refractivity contribution is 4.96. The maximum absolute atomic E-state index is 4.29. The first-order valence-electron chi connectivity index (χ1n) is 4.40.